The average molecular weight is 227 g/mol. The molecule has 0 radical (unpaired) electrons. The molecule has 0 fully saturated rings. The maximum Gasteiger partial charge on any atom is 0.322 e. The average Bonchev–Trinajstić information content (AvgIpc) is 2.29. The van der Waals surface area contributed by atoms with Gasteiger partial charge in [-0.05, 0) is 6.42 Å². The Morgan fingerprint density at radius 2 is 1.75 bits per heavy atom. The normalized spacial score (nSPS) is 11.9. The lowest BCUT2D eigenvalue weighted by Crippen LogP contribution is -2.15. The van der Waals surface area contributed by atoms with Gasteiger partial charge in [0, 0.05) is 0 Å². The molecule has 1 unspecified atom stereocenters. The summed E-state index contributed by atoms with van der Waals surface area (Å²) in [5, 5.41) is 8.97. The molecule has 1 rings (SSSR count). The van der Waals surface area contributed by atoms with E-state index in [0.717, 1.165) is 0 Å². The van der Waals surface area contributed by atoms with Crippen LogP contribution in [-0.2, 0) is 4.79 Å². The number of methoxy groups -OCH3 is 2. The summed E-state index contributed by atoms with van der Waals surface area (Å²) < 4.78 is 9.67. The Bertz CT molecular complexity index is 361. The summed E-state index contributed by atoms with van der Waals surface area (Å²) in [6.07, 6.45) is 0.381. The summed E-state index contributed by atoms with van der Waals surface area (Å²) in [7, 11) is 2.78. The first-order valence-electron chi connectivity index (χ1n) is 4.69. The van der Waals surface area contributed by atoms with Gasteiger partial charge in [-0.25, -0.2) is 0 Å². The third-order valence-corrected chi connectivity index (χ3v) is 1.99. The van der Waals surface area contributed by atoms with Gasteiger partial charge in [0.25, 0.3) is 0 Å². The molecule has 0 spiro atoms. The minimum Gasteiger partial charge on any atom is -0.481 e. The van der Waals surface area contributed by atoms with Gasteiger partial charge in [0.15, 0.2) is 5.82 Å². The van der Waals surface area contributed by atoms with Crippen molar-refractivity contribution in [1.82, 2.24) is 15.0 Å². The maximum absolute atomic E-state index is 10.9. The van der Waals surface area contributed by atoms with Crippen molar-refractivity contribution in [3.05, 3.63) is 5.82 Å². The van der Waals surface area contributed by atoms with Gasteiger partial charge in [-0.1, -0.05) is 6.92 Å². The molecule has 0 amide bonds. The van der Waals surface area contributed by atoms with E-state index in [1.807, 2.05) is 0 Å². The fourth-order valence-corrected chi connectivity index (χ4v) is 1.16. The smallest absolute Gasteiger partial charge is 0.322 e. The molecular weight excluding hydrogens is 214 g/mol. The second-order valence-corrected chi connectivity index (χ2v) is 2.97. The zero-order valence-electron chi connectivity index (χ0n) is 9.30. The molecule has 0 saturated carbocycles. The molecule has 0 aliphatic rings. The lowest BCUT2D eigenvalue weighted by atomic mass is 10.1. The molecule has 1 atom stereocenters. The van der Waals surface area contributed by atoms with E-state index in [1.54, 1.807) is 6.92 Å². The van der Waals surface area contributed by atoms with Crippen molar-refractivity contribution < 1.29 is 19.4 Å². The van der Waals surface area contributed by atoms with E-state index in [1.165, 1.54) is 14.2 Å². The highest BCUT2D eigenvalue weighted by Crippen LogP contribution is 2.19. The van der Waals surface area contributed by atoms with E-state index in [-0.39, 0.29) is 17.8 Å². The fraction of sp³-hybridized carbons (Fsp3) is 0.556. The van der Waals surface area contributed by atoms with Gasteiger partial charge in [-0.15, -0.1) is 4.98 Å². The van der Waals surface area contributed by atoms with Crippen molar-refractivity contribution in [2.75, 3.05) is 14.2 Å². The van der Waals surface area contributed by atoms with Crippen LogP contribution in [-0.4, -0.2) is 40.2 Å². The number of hydrogen-bond donors (Lipinski definition) is 1. The number of aliphatic carboxylic acids is 1. The zero-order valence-corrected chi connectivity index (χ0v) is 9.30. The minimum absolute atomic E-state index is 0.0431. The number of rotatable bonds is 5. The topological polar surface area (TPSA) is 94.4 Å². The molecule has 1 aromatic rings. The van der Waals surface area contributed by atoms with Gasteiger partial charge in [0.05, 0.1) is 14.2 Å². The van der Waals surface area contributed by atoms with Gasteiger partial charge in [0.2, 0.25) is 0 Å². The second-order valence-electron chi connectivity index (χ2n) is 2.97. The lowest BCUT2D eigenvalue weighted by Gasteiger charge is -2.09. The molecular formula is C9H13N3O4. The van der Waals surface area contributed by atoms with Crippen LogP contribution in [0.4, 0.5) is 0 Å². The molecule has 1 N–H and O–H groups in total. The summed E-state index contributed by atoms with van der Waals surface area (Å²) in [5.74, 6) is -1.64. The number of aromatic nitrogens is 3. The predicted octanol–water partition coefficient (Wildman–Crippen LogP) is 0.467. The largest absolute Gasteiger partial charge is 0.481 e. The number of ether oxygens (including phenoxy) is 2. The van der Waals surface area contributed by atoms with Gasteiger partial charge in [-0.3, -0.25) is 4.79 Å². The van der Waals surface area contributed by atoms with Crippen LogP contribution in [0.3, 0.4) is 0 Å². The number of nitrogens with zero attached hydrogens (tertiary/aromatic N) is 3. The van der Waals surface area contributed by atoms with Crippen molar-refractivity contribution in [2.45, 2.75) is 19.3 Å². The van der Waals surface area contributed by atoms with E-state index in [4.69, 9.17) is 14.6 Å². The van der Waals surface area contributed by atoms with E-state index in [9.17, 15) is 4.79 Å². The van der Waals surface area contributed by atoms with Crippen LogP contribution in [0.2, 0.25) is 0 Å². The van der Waals surface area contributed by atoms with Crippen LogP contribution in [0.15, 0.2) is 0 Å². The number of carboxylic acids is 1. The van der Waals surface area contributed by atoms with Crippen LogP contribution < -0.4 is 9.47 Å². The third kappa shape index (κ3) is 2.56. The van der Waals surface area contributed by atoms with Crippen molar-refractivity contribution in [3.8, 4) is 12.0 Å². The first-order chi connectivity index (χ1) is 7.62. The lowest BCUT2D eigenvalue weighted by molar-refractivity contribution is -0.139. The van der Waals surface area contributed by atoms with E-state index in [0.29, 0.717) is 6.42 Å². The van der Waals surface area contributed by atoms with E-state index in [2.05, 4.69) is 15.0 Å². The van der Waals surface area contributed by atoms with Gasteiger partial charge < -0.3 is 14.6 Å². The zero-order chi connectivity index (χ0) is 12.1. The van der Waals surface area contributed by atoms with E-state index >= 15 is 0 Å². The summed E-state index contributed by atoms with van der Waals surface area (Å²) in [6, 6.07) is 0.0862. The van der Waals surface area contributed by atoms with Crippen molar-refractivity contribution in [3.63, 3.8) is 0 Å². The van der Waals surface area contributed by atoms with Gasteiger partial charge >= 0.3 is 18.0 Å². The maximum atomic E-state index is 10.9. The third-order valence-electron chi connectivity index (χ3n) is 1.99. The Labute approximate surface area is 92.5 Å². The van der Waals surface area contributed by atoms with Crippen LogP contribution in [0.5, 0.6) is 12.0 Å². The summed E-state index contributed by atoms with van der Waals surface area (Å²) in [6.45, 7) is 1.74. The number of carbonyl (C=O) groups is 1. The first kappa shape index (κ1) is 12.2. The Balaban J connectivity index is 3.15. The van der Waals surface area contributed by atoms with E-state index < -0.39 is 11.9 Å². The molecule has 0 saturated heterocycles. The molecule has 0 aliphatic carbocycles. The second kappa shape index (κ2) is 5.24. The summed E-state index contributed by atoms with van der Waals surface area (Å²) in [4.78, 5) is 22.5. The summed E-state index contributed by atoms with van der Waals surface area (Å²) >= 11 is 0. The van der Waals surface area contributed by atoms with Crippen LogP contribution in [0.25, 0.3) is 0 Å². The molecule has 0 bridgehead atoms. The molecule has 0 aromatic carbocycles. The summed E-state index contributed by atoms with van der Waals surface area (Å²) in [5.41, 5.74) is 0. The minimum atomic E-state index is -0.988. The SMILES string of the molecule is CCC(C(=O)O)c1nc(OC)nc(OC)n1. The molecule has 1 aromatic heterocycles. The standard InChI is InChI=1S/C9H13N3O4/c1-4-5(7(13)14)6-10-8(15-2)12-9(11-6)16-3/h5H,4H2,1-3H3,(H,13,14). The van der Waals surface area contributed by atoms with Crippen molar-refractivity contribution in [1.29, 1.82) is 0 Å². The highest BCUT2D eigenvalue weighted by atomic mass is 16.5. The predicted molar refractivity (Wildman–Crippen MR) is 53.6 cm³/mol. The van der Waals surface area contributed by atoms with Crippen LogP contribution in [0.1, 0.15) is 25.1 Å². The fourth-order valence-electron chi connectivity index (χ4n) is 1.16. The molecule has 1 heterocycles. The Kier molecular flexibility index (Phi) is 3.98. The Morgan fingerprint density at radius 1 is 1.25 bits per heavy atom. The van der Waals surface area contributed by atoms with Crippen molar-refractivity contribution >= 4 is 5.97 Å². The van der Waals surface area contributed by atoms with Crippen LogP contribution in [0, 0.1) is 0 Å². The molecule has 7 heteroatoms. The molecule has 16 heavy (non-hydrogen) atoms. The molecule has 0 aliphatic heterocycles. The van der Waals surface area contributed by atoms with Crippen LogP contribution >= 0.6 is 0 Å². The quantitative estimate of drug-likeness (QED) is 0.781. The highest BCUT2D eigenvalue weighted by Gasteiger charge is 2.23. The Morgan fingerprint density at radius 3 is 2.06 bits per heavy atom. The monoisotopic (exact) mass is 227 g/mol. The first-order valence-corrected chi connectivity index (χ1v) is 4.69. The Hall–Kier alpha value is -1.92. The highest BCUT2D eigenvalue weighted by molar-refractivity contribution is 5.74. The number of hydrogen-bond acceptors (Lipinski definition) is 6. The van der Waals surface area contributed by atoms with Gasteiger partial charge in [0.1, 0.15) is 5.92 Å². The van der Waals surface area contributed by atoms with Gasteiger partial charge in [-0.2, -0.15) is 9.97 Å². The molecule has 7 nitrogen and oxygen atoms in total. The van der Waals surface area contributed by atoms with Crippen molar-refractivity contribution in [2.24, 2.45) is 0 Å². The number of carboxylic acid groups (broad SMARTS) is 1. The molecule has 88 valence electrons.